The molecule has 0 saturated heterocycles. The van der Waals surface area contributed by atoms with Gasteiger partial charge in [-0.2, -0.15) is 0 Å². The Balaban J connectivity index is 4.37. The fourth-order valence-electron chi connectivity index (χ4n) is 5.16. The molecule has 0 spiro atoms. The highest BCUT2D eigenvalue weighted by molar-refractivity contribution is 7.47. The molecular weight excluding hydrogens is 635 g/mol. The minimum atomic E-state index is -4.61. The molecule has 0 saturated carbocycles. The maximum Gasteiger partial charge on any atom is 0.472 e. The Kier molecular flexibility index (Phi) is 33.3. The fraction of sp³-hybridized carbons (Fsp3) is 0.892. The van der Waals surface area contributed by atoms with Gasteiger partial charge in [-0.15, -0.1) is 0 Å². The van der Waals surface area contributed by atoms with Crippen LogP contribution in [-0.4, -0.2) is 65.7 Å². The number of esters is 2. The van der Waals surface area contributed by atoms with Crippen LogP contribution >= 0.6 is 7.82 Å². The smallest absolute Gasteiger partial charge is 0.462 e. The van der Waals surface area contributed by atoms with Crippen LogP contribution in [0.3, 0.4) is 0 Å². The summed E-state index contributed by atoms with van der Waals surface area (Å²) in [6.45, 7) is 2.34. The van der Waals surface area contributed by atoms with Crippen LogP contribution in [0.15, 0.2) is 12.2 Å². The molecule has 0 fully saturated rings. The molecule has 3 unspecified atom stereocenters. The summed E-state index contributed by atoms with van der Waals surface area (Å²) < 4.78 is 32.5. The van der Waals surface area contributed by atoms with E-state index in [0.29, 0.717) is 12.8 Å². The molecule has 3 atom stereocenters. The predicted octanol–water partition coefficient (Wildman–Crippen LogP) is 9.28. The number of unbranched alkanes of at least 4 members (excludes halogenated alkanes) is 20. The summed E-state index contributed by atoms with van der Waals surface area (Å²) >= 11 is 0. The number of carbonyl (C=O) groups excluding carboxylic acids is 2. The number of hydrogen-bond acceptors (Lipinski definition) is 9. The molecular formula is C37H71O10P. The zero-order valence-electron chi connectivity index (χ0n) is 30.5. The van der Waals surface area contributed by atoms with Crippen molar-refractivity contribution in [3.63, 3.8) is 0 Å². The molecule has 0 aromatic carbocycles. The summed E-state index contributed by atoms with van der Waals surface area (Å²) in [5, 5.41) is 18.3. The van der Waals surface area contributed by atoms with Gasteiger partial charge in [0.1, 0.15) is 12.7 Å². The van der Waals surface area contributed by atoms with E-state index in [1.54, 1.807) is 0 Å². The Labute approximate surface area is 292 Å². The number of phosphoric acid groups is 1. The number of carbonyl (C=O) groups is 2. The molecule has 0 aromatic heterocycles. The first-order valence-electron chi connectivity index (χ1n) is 19.1. The lowest BCUT2D eigenvalue weighted by atomic mass is 10.0. The van der Waals surface area contributed by atoms with Gasteiger partial charge in [-0.05, 0) is 38.5 Å². The van der Waals surface area contributed by atoms with E-state index in [9.17, 15) is 24.2 Å². The summed E-state index contributed by atoms with van der Waals surface area (Å²) in [4.78, 5) is 34.8. The Morgan fingerprint density at radius 2 is 1.02 bits per heavy atom. The third-order valence-corrected chi connectivity index (χ3v) is 9.12. The number of rotatable bonds is 36. The van der Waals surface area contributed by atoms with Crippen molar-refractivity contribution in [1.29, 1.82) is 0 Å². The second-order valence-electron chi connectivity index (χ2n) is 13.0. The minimum absolute atomic E-state index is 0.178. The van der Waals surface area contributed by atoms with Gasteiger partial charge in [0.05, 0.1) is 19.8 Å². The molecule has 0 aromatic rings. The number of aliphatic hydroxyl groups is 2. The molecule has 0 aliphatic heterocycles. The van der Waals surface area contributed by atoms with Gasteiger partial charge >= 0.3 is 19.8 Å². The van der Waals surface area contributed by atoms with Gasteiger partial charge in [-0.3, -0.25) is 18.6 Å². The number of aliphatic hydroxyl groups excluding tert-OH is 2. The van der Waals surface area contributed by atoms with Crippen LogP contribution in [0.4, 0.5) is 0 Å². The van der Waals surface area contributed by atoms with E-state index in [2.05, 4.69) is 30.5 Å². The van der Waals surface area contributed by atoms with Crippen LogP contribution in [0.25, 0.3) is 0 Å². The maximum absolute atomic E-state index is 12.5. The van der Waals surface area contributed by atoms with Crippen LogP contribution in [0.1, 0.15) is 174 Å². The molecule has 48 heavy (non-hydrogen) atoms. The summed E-state index contributed by atoms with van der Waals surface area (Å²) in [5.74, 6) is -0.931. The first kappa shape index (κ1) is 46.7. The van der Waals surface area contributed by atoms with Crippen molar-refractivity contribution >= 4 is 19.8 Å². The molecule has 0 rings (SSSR count). The first-order valence-corrected chi connectivity index (χ1v) is 20.6. The van der Waals surface area contributed by atoms with Gasteiger partial charge in [-0.1, -0.05) is 135 Å². The molecule has 0 aliphatic rings. The van der Waals surface area contributed by atoms with Gasteiger partial charge in [0, 0.05) is 12.8 Å². The zero-order chi connectivity index (χ0) is 35.6. The monoisotopic (exact) mass is 706 g/mol. The van der Waals surface area contributed by atoms with Crippen molar-refractivity contribution in [3.05, 3.63) is 12.2 Å². The Hall–Kier alpha value is -1.29. The van der Waals surface area contributed by atoms with Crippen LogP contribution < -0.4 is 0 Å². The highest BCUT2D eigenvalue weighted by Crippen LogP contribution is 2.43. The lowest BCUT2D eigenvalue weighted by molar-refractivity contribution is -0.161. The molecule has 3 N–H and O–H groups in total. The van der Waals surface area contributed by atoms with Crippen LogP contribution in [0.2, 0.25) is 0 Å². The third-order valence-electron chi connectivity index (χ3n) is 8.17. The molecule has 0 aliphatic carbocycles. The number of hydrogen-bond donors (Lipinski definition) is 3. The molecule has 11 heteroatoms. The van der Waals surface area contributed by atoms with E-state index in [4.69, 9.17) is 19.1 Å². The van der Waals surface area contributed by atoms with E-state index in [-0.39, 0.29) is 19.4 Å². The van der Waals surface area contributed by atoms with E-state index in [1.165, 1.54) is 77.0 Å². The normalized spacial score (nSPS) is 14.2. The van der Waals surface area contributed by atoms with Gasteiger partial charge in [0.25, 0.3) is 0 Å². The summed E-state index contributed by atoms with van der Waals surface area (Å²) in [6.07, 6.45) is 28.9. The van der Waals surface area contributed by atoms with Crippen molar-refractivity contribution in [2.75, 3.05) is 26.4 Å². The highest BCUT2D eigenvalue weighted by atomic mass is 31.2. The number of ether oxygens (including phenoxy) is 2. The van der Waals surface area contributed by atoms with Crippen molar-refractivity contribution in [1.82, 2.24) is 0 Å². The van der Waals surface area contributed by atoms with Crippen LogP contribution in [-0.2, 0) is 32.7 Å². The summed E-state index contributed by atoms with van der Waals surface area (Å²) in [5.41, 5.74) is 0. The zero-order valence-corrected chi connectivity index (χ0v) is 31.4. The third kappa shape index (κ3) is 33.2. The van der Waals surface area contributed by atoms with Gasteiger partial charge in [0.15, 0.2) is 6.10 Å². The van der Waals surface area contributed by atoms with Crippen molar-refractivity contribution in [2.45, 2.75) is 187 Å². The molecule has 10 nitrogen and oxygen atoms in total. The highest BCUT2D eigenvalue weighted by Gasteiger charge is 2.27. The maximum atomic E-state index is 12.5. The van der Waals surface area contributed by atoms with E-state index in [0.717, 1.165) is 57.8 Å². The average Bonchev–Trinajstić information content (AvgIpc) is 3.07. The quantitative estimate of drug-likeness (QED) is 0.0249. The number of phosphoric ester groups is 1. The fourth-order valence-corrected chi connectivity index (χ4v) is 5.95. The van der Waals surface area contributed by atoms with Gasteiger partial charge in [-0.25, -0.2) is 4.57 Å². The molecule has 284 valence electrons. The SMILES string of the molecule is CCCCCC/C=C\CCCCCCCC(=O)OC(COC(=O)CCCCCCCCCCCCCC)COP(=O)(O)OCC(O)CO. The van der Waals surface area contributed by atoms with Gasteiger partial charge < -0.3 is 24.6 Å². The first-order chi connectivity index (χ1) is 23.2. The number of allylic oxidation sites excluding steroid dienone is 2. The second-order valence-corrected chi connectivity index (χ2v) is 14.4. The largest absolute Gasteiger partial charge is 0.472 e. The summed E-state index contributed by atoms with van der Waals surface area (Å²) in [7, 11) is -4.61. The van der Waals surface area contributed by atoms with Crippen molar-refractivity contribution in [2.24, 2.45) is 0 Å². The topological polar surface area (TPSA) is 149 Å². The van der Waals surface area contributed by atoms with Crippen molar-refractivity contribution < 1.29 is 47.8 Å². The lowest BCUT2D eigenvalue weighted by Gasteiger charge is -2.20. The Bertz CT molecular complexity index is 822. The molecule has 0 amide bonds. The van der Waals surface area contributed by atoms with Crippen molar-refractivity contribution in [3.8, 4) is 0 Å². The van der Waals surface area contributed by atoms with E-state index in [1.807, 2.05) is 0 Å². The molecule has 0 bridgehead atoms. The Morgan fingerprint density at radius 3 is 1.52 bits per heavy atom. The molecule has 0 radical (unpaired) electrons. The van der Waals surface area contributed by atoms with E-state index >= 15 is 0 Å². The lowest BCUT2D eigenvalue weighted by Crippen LogP contribution is -2.29. The van der Waals surface area contributed by atoms with Gasteiger partial charge in [0.2, 0.25) is 0 Å². The van der Waals surface area contributed by atoms with E-state index < -0.39 is 51.8 Å². The van der Waals surface area contributed by atoms with Crippen LogP contribution in [0, 0.1) is 0 Å². The standard InChI is InChI=1S/C37H71O10P/c1-3-5-7-9-11-13-15-17-19-21-23-25-27-29-37(41)47-35(33-46-48(42,43)45-31-34(39)30-38)32-44-36(40)28-26-24-22-20-18-16-14-12-10-8-6-4-2/h13,15,34-35,38-39H,3-12,14,16-33H2,1-2H3,(H,42,43)/b15-13-. The minimum Gasteiger partial charge on any atom is -0.462 e. The second kappa shape index (κ2) is 34.2. The molecule has 0 heterocycles. The van der Waals surface area contributed by atoms with Crippen LogP contribution in [0.5, 0.6) is 0 Å². The predicted molar refractivity (Wildman–Crippen MR) is 192 cm³/mol. The average molecular weight is 707 g/mol. The summed E-state index contributed by atoms with van der Waals surface area (Å²) in [6, 6.07) is 0. The Morgan fingerprint density at radius 1 is 0.604 bits per heavy atom.